The number of hydrogen-bond donors (Lipinski definition) is 2. The summed E-state index contributed by atoms with van der Waals surface area (Å²) in [5.74, 6) is 0.807. The Hall–Kier alpha value is -1.16. The Bertz CT molecular complexity index is 372. The third-order valence-electron chi connectivity index (χ3n) is 2.93. The Morgan fingerprint density at radius 2 is 1.94 bits per heavy atom. The van der Waals surface area contributed by atoms with Gasteiger partial charge in [0.05, 0.1) is 5.75 Å². The van der Waals surface area contributed by atoms with Gasteiger partial charge in [-0.15, -0.1) is 11.8 Å². The standard InChI is InChI=1S/C13H17NO2S/c15-11-5-7-12(8-6-11)17-9-13(16)14-10-3-1-2-4-10/h5-8,10,15H,1-4,9H2,(H,14,16). The van der Waals surface area contributed by atoms with Crippen molar-refractivity contribution >= 4 is 17.7 Å². The smallest absolute Gasteiger partial charge is 0.230 e. The number of hydrogen-bond acceptors (Lipinski definition) is 3. The number of phenolic OH excluding ortho intramolecular Hbond substituents is 1. The molecule has 1 aliphatic carbocycles. The van der Waals surface area contributed by atoms with Crippen molar-refractivity contribution in [3.05, 3.63) is 24.3 Å². The van der Waals surface area contributed by atoms with Crippen molar-refractivity contribution in [3.63, 3.8) is 0 Å². The average molecular weight is 251 g/mol. The molecule has 92 valence electrons. The molecule has 0 atom stereocenters. The van der Waals surface area contributed by atoms with Gasteiger partial charge in [-0.1, -0.05) is 12.8 Å². The molecule has 17 heavy (non-hydrogen) atoms. The highest BCUT2D eigenvalue weighted by Gasteiger charge is 2.16. The fourth-order valence-electron chi connectivity index (χ4n) is 2.03. The molecule has 0 saturated heterocycles. The molecule has 0 aromatic heterocycles. The van der Waals surface area contributed by atoms with Crippen molar-refractivity contribution in [3.8, 4) is 5.75 Å². The zero-order valence-electron chi connectivity index (χ0n) is 9.69. The molecule has 1 saturated carbocycles. The summed E-state index contributed by atoms with van der Waals surface area (Å²) in [6.45, 7) is 0. The van der Waals surface area contributed by atoms with Crippen LogP contribution in [-0.2, 0) is 4.79 Å². The second kappa shape index (κ2) is 5.96. The van der Waals surface area contributed by atoms with Gasteiger partial charge in [0, 0.05) is 10.9 Å². The Balaban J connectivity index is 1.73. The van der Waals surface area contributed by atoms with Gasteiger partial charge in [-0.05, 0) is 37.1 Å². The van der Waals surface area contributed by atoms with E-state index in [0.29, 0.717) is 11.8 Å². The van der Waals surface area contributed by atoms with Crippen molar-refractivity contribution in [1.82, 2.24) is 5.32 Å². The highest BCUT2D eigenvalue weighted by Crippen LogP contribution is 2.21. The van der Waals surface area contributed by atoms with Gasteiger partial charge in [0.25, 0.3) is 0 Å². The highest BCUT2D eigenvalue weighted by molar-refractivity contribution is 8.00. The largest absolute Gasteiger partial charge is 0.508 e. The molecule has 1 fully saturated rings. The summed E-state index contributed by atoms with van der Waals surface area (Å²) in [6, 6.07) is 7.31. The van der Waals surface area contributed by atoms with Gasteiger partial charge in [0.1, 0.15) is 5.75 Å². The van der Waals surface area contributed by atoms with Crippen LogP contribution in [-0.4, -0.2) is 22.8 Å². The number of nitrogens with one attached hydrogen (secondary N) is 1. The first-order valence-electron chi connectivity index (χ1n) is 5.95. The fourth-order valence-corrected chi connectivity index (χ4v) is 2.74. The number of rotatable bonds is 4. The van der Waals surface area contributed by atoms with Crippen LogP contribution in [0.25, 0.3) is 0 Å². The molecule has 1 aliphatic rings. The lowest BCUT2D eigenvalue weighted by molar-refractivity contribution is -0.119. The summed E-state index contributed by atoms with van der Waals surface area (Å²) in [4.78, 5) is 12.7. The minimum atomic E-state index is 0.106. The average Bonchev–Trinajstić information content (AvgIpc) is 2.81. The lowest BCUT2D eigenvalue weighted by Gasteiger charge is -2.11. The van der Waals surface area contributed by atoms with E-state index in [0.717, 1.165) is 17.7 Å². The van der Waals surface area contributed by atoms with Crippen LogP contribution in [0.5, 0.6) is 5.75 Å². The molecule has 0 unspecified atom stereocenters. The lowest BCUT2D eigenvalue weighted by Crippen LogP contribution is -2.33. The molecule has 0 spiro atoms. The zero-order valence-corrected chi connectivity index (χ0v) is 10.5. The van der Waals surface area contributed by atoms with Crippen LogP contribution in [0.15, 0.2) is 29.2 Å². The fraction of sp³-hybridized carbons (Fsp3) is 0.462. The molecule has 1 amide bonds. The maximum absolute atomic E-state index is 11.7. The number of thioether (sulfide) groups is 1. The predicted molar refractivity (Wildman–Crippen MR) is 69.2 cm³/mol. The van der Waals surface area contributed by atoms with Crippen LogP contribution in [0.1, 0.15) is 25.7 Å². The summed E-state index contributed by atoms with van der Waals surface area (Å²) in [5, 5.41) is 12.2. The zero-order chi connectivity index (χ0) is 12.1. The van der Waals surface area contributed by atoms with Crippen LogP contribution in [0, 0.1) is 0 Å². The van der Waals surface area contributed by atoms with Gasteiger partial charge >= 0.3 is 0 Å². The van der Waals surface area contributed by atoms with Gasteiger partial charge in [-0.25, -0.2) is 0 Å². The van der Waals surface area contributed by atoms with Crippen LogP contribution < -0.4 is 5.32 Å². The number of carbonyl (C=O) groups is 1. The first-order chi connectivity index (χ1) is 8.24. The topological polar surface area (TPSA) is 49.3 Å². The number of phenols is 1. The van der Waals surface area contributed by atoms with Gasteiger partial charge in [-0.2, -0.15) is 0 Å². The minimum Gasteiger partial charge on any atom is -0.508 e. The lowest BCUT2D eigenvalue weighted by atomic mass is 10.2. The quantitative estimate of drug-likeness (QED) is 0.809. The molecule has 2 rings (SSSR count). The molecule has 1 aromatic carbocycles. The van der Waals surface area contributed by atoms with E-state index in [4.69, 9.17) is 5.11 Å². The summed E-state index contributed by atoms with van der Waals surface area (Å²) in [7, 11) is 0. The van der Waals surface area contributed by atoms with Gasteiger partial charge in [-0.3, -0.25) is 4.79 Å². The van der Waals surface area contributed by atoms with Crippen LogP contribution in [0.4, 0.5) is 0 Å². The maximum Gasteiger partial charge on any atom is 0.230 e. The van der Waals surface area contributed by atoms with E-state index < -0.39 is 0 Å². The van der Waals surface area contributed by atoms with Crippen LogP contribution in [0.2, 0.25) is 0 Å². The van der Waals surface area contributed by atoms with Crippen molar-refractivity contribution in [1.29, 1.82) is 0 Å². The summed E-state index contributed by atoms with van der Waals surface area (Å²) in [6.07, 6.45) is 4.71. The second-order valence-electron chi connectivity index (χ2n) is 4.33. The Labute approximate surface area is 106 Å². The maximum atomic E-state index is 11.7. The second-order valence-corrected chi connectivity index (χ2v) is 5.38. The predicted octanol–water partition coefficient (Wildman–Crippen LogP) is 2.54. The van der Waals surface area contributed by atoms with E-state index >= 15 is 0 Å². The van der Waals surface area contributed by atoms with E-state index in [-0.39, 0.29) is 11.7 Å². The van der Waals surface area contributed by atoms with Crippen molar-refractivity contribution in [2.45, 2.75) is 36.6 Å². The molecular formula is C13H17NO2S. The Morgan fingerprint density at radius 3 is 2.59 bits per heavy atom. The third-order valence-corrected chi connectivity index (χ3v) is 3.94. The molecule has 4 heteroatoms. The van der Waals surface area contributed by atoms with Crippen molar-refractivity contribution < 1.29 is 9.90 Å². The van der Waals surface area contributed by atoms with Gasteiger partial charge in [0.15, 0.2) is 0 Å². The van der Waals surface area contributed by atoms with E-state index in [2.05, 4.69) is 5.32 Å². The number of carbonyl (C=O) groups excluding carboxylic acids is 1. The highest BCUT2D eigenvalue weighted by atomic mass is 32.2. The first kappa shape index (κ1) is 12.3. The van der Waals surface area contributed by atoms with E-state index in [1.807, 2.05) is 12.1 Å². The molecule has 1 aromatic rings. The molecule has 0 aliphatic heterocycles. The normalized spacial score (nSPS) is 16.0. The molecule has 0 heterocycles. The number of aromatic hydroxyl groups is 1. The molecule has 2 N–H and O–H groups in total. The van der Waals surface area contributed by atoms with Gasteiger partial charge in [0.2, 0.25) is 5.91 Å². The van der Waals surface area contributed by atoms with E-state index in [1.54, 1.807) is 12.1 Å². The summed E-state index contributed by atoms with van der Waals surface area (Å²) in [5.41, 5.74) is 0. The van der Waals surface area contributed by atoms with Crippen LogP contribution in [0.3, 0.4) is 0 Å². The third kappa shape index (κ3) is 3.97. The van der Waals surface area contributed by atoms with E-state index in [9.17, 15) is 4.79 Å². The van der Waals surface area contributed by atoms with Gasteiger partial charge < -0.3 is 10.4 Å². The SMILES string of the molecule is O=C(CSc1ccc(O)cc1)NC1CCCC1. The number of amides is 1. The van der Waals surface area contributed by atoms with Crippen molar-refractivity contribution in [2.24, 2.45) is 0 Å². The van der Waals surface area contributed by atoms with Crippen molar-refractivity contribution in [2.75, 3.05) is 5.75 Å². The molecule has 0 bridgehead atoms. The Kier molecular flexibility index (Phi) is 4.31. The first-order valence-corrected chi connectivity index (χ1v) is 6.94. The monoisotopic (exact) mass is 251 g/mol. The number of benzene rings is 1. The van der Waals surface area contributed by atoms with E-state index in [1.165, 1.54) is 24.6 Å². The molecular weight excluding hydrogens is 234 g/mol. The Morgan fingerprint density at radius 1 is 1.29 bits per heavy atom. The molecule has 0 radical (unpaired) electrons. The molecule has 3 nitrogen and oxygen atoms in total. The summed E-state index contributed by atoms with van der Waals surface area (Å²) >= 11 is 1.50. The summed E-state index contributed by atoms with van der Waals surface area (Å²) < 4.78 is 0. The minimum absolute atomic E-state index is 0.106. The van der Waals surface area contributed by atoms with Crippen LogP contribution >= 0.6 is 11.8 Å².